The molecule has 0 spiro atoms. The first-order valence-corrected chi connectivity index (χ1v) is 8.38. The summed E-state index contributed by atoms with van der Waals surface area (Å²) in [4.78, 5) is 31.0. The third-order valence-electron chi connectivity index (χ3n) is 4.34. The minimum Gasteiger partial charge on any atom is -0.337 e. The Morgan fingerprint density at radius 2 is 2.17 bits per heavy atom. The number of aromatic amines is 1. The number of amides is 1. The average molecular weight is 329 g/mol. The van der Waals surface area contributed by atoms with E-state index in [1.54, 1.807) is 23.2 Å². The lowest BCUT2D eigenvalue weighted by Gasteiger charge is -2.21. The number of rotatable bonds is 4. The molecule has 0 bridgehead atoms. The van der Waals surface area contributed by atoms with E-state index in [1.165, 1.54) is 5.56 Å². The van der Waals surface area contributed by atoms with Gasteiger partial charge in [-0.2, -0.15) is 5.10 Å². The molecule has 0 unspecified atom stereocenters. The summed E-state index contributed by atoms with van der Waals surface area (Å²) in [7, 11) is 0. The number of hydrogen-bond donors (Lipinski definition) is 1. The van der Waals surface area contributed by atoms with Gasteiger partial charge in [0.25, 0.3) is 11.5 Å². The van der Waals surface area contributed by atoms with Crippen molar-refractivity contribution in [2.24, 2.45) is 0 Å². The van der Waals surface area contributed by atoms with E-state index in [1.807, 2.05) is 10.9 Å². The summed E-state index contributed by atoms with van der Waals surface area (Å²) in [5.41, 5.74) is 1.09. The number of hydrogen-bond acceptors (Lipinski definition) is 4. The predicted molar refractivity (Wildman–Crippen MR) is 90.8 cm³/mol. The number of H-pyrrole nitrogens is 1. The third-order valence-corrected chi connectivity index (χ3v) is 4.34. The summed E-state index contributed by atoms with van der Waals surface area (Å²) in [5, 5.41) is 4.30. The Bertz CT molecular complexity index is 751. The van der Waals surface area contributed by atoms with E-state index in [2.05, 4.69) is 28.1 Å². The molecule has 1 aliphatic heterocycles. The number of carbonyl (C=O) groups excluding carboxylic acids is 1. The second-order valence-corrected chi connectivity index (χ2v) is 6.04. The fraction of sp³-hybridized carbons (Fsp3) is 0.471. The van der Waals surface area contributed by atoms with E-state index in [4.69, 9.17) is 0 Å². The van der Waals surface area contributed by atoms with Crippen LogP contribution in [0.4, 0.5) is 0 Å². The summed E-state index contributed by atoms with van der Waals surface area (Å²) in [5.74, 6) is -0.183. The molecule has 0 aromatic carbocycles. The molecule has 7 heteroatoms. The quantitative estimate of drug-likeness (QED) is 0.906. The zero-order chi connectivity index (χ0) is 16.9. The monoisotopic (exact) mass is 329 g/mol. The standard InChI is InChI=1S/C17H23N5O2/c1-2-22-13-14(11-19-22)12-20-7-4-8-21(10-9-20)17(24)15-5-3-6-18-16(15)23/h3,5-6,11,13H,2,4,7-10,12H2,1H3,(H,18,23). The molecule has 1 N–H and O–H groups in total. The Kier molecular flexibility index (Phi) is 5.10. The Morgan fingerprint density at radius 3 is 2.92 bits per heavy atom. The highest BCUT2D eigenvalue weighted by Crippen LogP contribution is 2.10. The van der Waals surface area contributed by atoms with Crippen molar-refractivity contribution in [3.8, 4) is 0 Å². The molecule has 1 amide bonds. The molecule has 7 nitrogen and oxygen atoms in total. The zero-order valence-electron chi connectivity index (χ0n) is 13.9. The van der Waals surface area contributed by atoms with Gasteiger partial charge >= 0.3 is 0 Å². The summed E-state index contributed by atoms with van der Waals surface area (Å²) in [6.45, 7) is 6.83. The molecule has 3 heterocycles. The van der Waals surface area contributed by atoms with Gasteiger partial charge in [0.1, 0.15) is 5.56 Å². The highest BCUT2D eigenvalue weighted by Gasteiger charge is 2.22. The zero-order valence-corrected chi connectivity index (χ0v) is 13.9. The SMILES string of the molecule is CCn1cc(CN2CCCN(C(=O)c3ccc[nH]c3=O)CC2)cn1. The van der Waals surface area contributed by atoms with Crippen LogP contribution in [0.3, 0.4) is 0 Å². The molecule has 0 radical (unpaired) electrons. The smallest absolute Gasteiger partial charge is 0.260 e. The topological polar surface area (TPSA) is 74.2 Å². The third kappa shape index (κ3) is 3.73. The minimum absolute atomic E-state index is 0.183. The highest BCUT2D eigenvalue weighted by molar-refractivity contribution is 5.93. The number of nitrogens with one attached hydrogen (secondary N) is 1. The fourth-order valence-electron chi connectivity index (χ4n) is 3.01. The molecule has 128 valence electrons. The van der Waals surface area contributed by atoms with E-state index < -0.39 is 0 Å². The number of carbonyl (C=O) groups is 1. The van der Waals surface area contributed by atoms with Crippen LogP contribution < -0.4 is 5.56 Å². The lowest BCUT2D eigenvalue weighted by molar-refractivity contribution is 0.0759. The molecular weight excluding hydrogens is 306 g/mol. The maximum absolute atomic E-state index is 12.6. The van der Waals surface area contributed by atoms with Crippen molar-refractivity contribution in [2.45, 2.75) is 26.4 Å². The van der Waals surface area contributed by atoms with Crippen LogP contribution in [0.25, 0.3) is 0 Å². The predicted octanol–water partition coefficient (Wildman–Crippen LogP) is 0.939. The van der Waals surface area contributed by atoms with Crippen molar-refractivity contribution in [3.05, 3.63) is 52.2 Å². The van der Waals surface area contributed by atoms with Crippen LogP contribution in [0.2, 0.25) is 0 Å². The van der Waals surface area contributed by atoms with Crippen molar-refractivity contribution < 1.29 is 4.79 Å². The van der Waals surface area contributed by atoms with Crippen molar-refractivity contribution in [1.29, 1.82) is 0 Å². The van der Waals surface area contributed by atoms with Crippen LogP contribution in [0, 0.1) is 0 Å². The lowest BCUT2D eigenvalue weighted by Crippen LogP contribution is -2.37. The first-order chi connectivity index (χ1) is 11.7. The van der Waals surface area contributed by atoms with Gasteiger partial charge in [0.15, 0.2) is 0 Å². The van der Waals surface area contributed by atoms with Gasteiger partial charge in [-0.3, -0.25) is 19.2 Å². The van der Waals surface area contributed by atoms with Gasteiger partial charge in [0, 0.05) is 57.2 Å². The molecule has 0 atom stereocenters. The summed E-state index contributed by atoms with van der Waals surface area (Å²) >= 11 is 0. The lowest BCUT2D eigenvalue weighted by atomic mass is 10.2. The average Bonchev–Trinajstić information content (AvgIpc) is 2.92. The molecule has 3 rings (SSSR count). The van der Waals surface area contributed by atoms with Gasteiger partial charge in [-0.25, -0.2) is 0 Å². The normalized spacial score (nSPS) is 16.1. The van der Waals surface area contributed by atoms with Crippen LogP contribution in [0.5, 0.6) is 0 Å². The number of pyridine rings is 1. The molecule has 1 fully saturated rings. The molecule has 1 saturated heterocycles. The first kappa shape index (κ1) is 16.4. The van der Waals surface area contributed by atoms with Gasteiger partial charge in [-0.05, 0) is 25.5 Å². The summed E-state index contributed by atoms with van der Waals surface area (Å²) in [6, 6.07) is 3.27. The molecule has 2 aromatic rings. The van der Waals surface area contributed by atoms with Crippen LogP contribution in [0.15, 0.2) is 35.5 Å². The molecule has 1 aliphatic rings. The van der Waals surface area contributed by atoms with Crippen molar-refractivity contribution >= 4 is 5.91 Å². The van der Waals surface area contributed by atoms with Gasteiger partial charge in [-0.1, -0.05) is 0 Å². The number of nitrogens with zero attached hydrogens (tertiary/aromatic N) is 4. The van der Waals surface area contributed by atoms with E-state index in [9.17, 15) is 9.59 Å². The van der Waals surface area contributed by atoms with Crippen LogP contribution in [-0.4, -0.2) is 56.7 Å². The maximum Gasteiger partial charge on any atom is 0.260 e. The summed E-state index contributed by atoms with van der Waals surface area (Å²) < 4.78 is 1.92. The molecule has 2 aromatic heterocycles. The van der Waals surface area contributed by atoms with E-state index in [0.717, 1.165) is 32.6 Å². The molecular formula is C17H23N5O2. The Morgan fingerprint density at radius 1 is 1.29 bits per heavy atom. The van der Waals surface area contributed by atoms with Gasteiger partial charge in [0.2, 0.25) is 0 Å². The fourth-order valence-corrected chi connectivity index (χ4v) is 3.01. The second kappa shape index (κ2) is 7.44. The van der Waals surface area contributed by atoms with E-state index >= 15 is 0 Å². The highest BCUT2D eigenvalue weighted by atomic mass is 16.2. The van der Waals surface area contributed by atoms with Crippen LogP contribution in [-0.2, 0) is 13.1 Å². The molecule has 24 heavy (non-hydrogen) atoms. The van der Waals surface area contributed by atoms with Crippen LogP contribution in [0.1, 0.15) is 29.3 Å². The molecule has 0 saturated carbocycles. The van der Waals surface area contributed by atoms with Crippen molar-refractivity contribution in [2.75, 3.05) is 26.2 Å². The van der Waals surface area contributed by atoms with Crippen molar-refractivity contribution in [1.82, 2.24) is 24.6 Å². The Labute approximate surface area is 140 Å². The molecule has 0 aliphatic carbocycles. The van der Waals surface area contributed by atoms with Crippen molar-refractivity contribution in [3.63, 3.8) is 0 Å². The largest absolute Gasteiger partial charge is 0.337 e. The van der Waals surface area contributed by atoms with E-state index in [-0.39, 0.29) is 17.0 Å². The van der Waals surface area contributed by atoms with Crippen LogP contribution >= 0.6 is 0 Å². The van der Waals surface area contributed by atoms with Gasteiger partial charge < -0.3 is 9.88 Å². The van der Waals surface area contributed by atoms with Gasteiger partial charge in [0.05, 0.1) is 6.20 Å². The number of aryl methyl sites for hydroxylation is 1. The second-order valence-electron chi connectivity index (χ2n) is 6.04. The minimum atomic E-state index is -0.324. The Balaban J connectivity index is 1.61. The number of aromatic nitrogens is 3. The first-order valence-electron chi connectivity index (χ1n) is 8.38. The summed E-state index contributed by atoms with van der Waals surface area (Å²) in [6.07, 6.45) is 6.41. The maximum atomic E-state index is 12.6. The van der Waals surface area contributed by atoms with Gasteiger partial charge in [-0.15, -0.1) is 0 Å². The van der Waals surface area contributed by atoms with E-state index in [0.29, 0.717) is 13.1 Å². The Hall–Kier alpha value is -2.41.